The van der Waals surface area contributed by atoms with Gasteiger partial charge in [0.25, 0.3) is 0 Å². The zero-order valence-corrected chi connectivity index (χ0v) is 18.0. The van der Waals surface area contributed by atoms with Crippen molar-refractivity contribution in [3.63, 3.8) is 0 Å². The summed E-state index contributed by atoms with van der Waals surface area (Å²) in [5.41, 5.74) is 4.79. The Hall–Kier alpha value is -2.67. The van der Waals surface area contributed by atoms with E-state index in [1.165, 1.54) is 47.9 Å². The van der Waals surface area contributed by atoms with Crippen LogP contribution in [0.25, 0.3) is 11.4 Å². The molecule has 156 valence electrons. The number of carbonyl (C=O) groups is 1. The van der Waals surface area contributed by atoms with Gasteiger partial charge in [-0.15, -0.1) is 10.2 Å². The number of benzene rings is 2. The molecular weight excluding hydrogens is 399 g/mol. The lowest BCUT2D eigenvalue weighted by molar-refractivity contribution is -0.119. The molecule has 0 aliphatic heterocycles. The van der Waals surface area contributed by atoms with Crippen LogP contribution in [0.4, 0.5) is 4.39 Å². The molecule has 1 unspecified atom stereocenters. The lowest BCUT2D eigenvalue weighted by Gasteiger charge is -2.20. The molecule has 7 heteroatoms. The molecule has 4 rings (SSSR count). The van der Waals surface area contributed by atoms with Gasteiger partial charge in [0, 0.05) is 12.6 Å². The predicted octanol–water partition coefficient (Wildman–Crippen LogP) is 4.47. The Morgan fingerprint density at radius 3 is 2.63 bits per heavy atom. The summed E-state index contributed by atoms with van der Waals surface area (Å²) < 4.78 is 15.0. The van der Waals surface area contributed by atoms with E-state index in [2.05, 4.69) is 33.7 Å². The molecule has 0 bridgehead atoms. The van der Waals surface area contributed by atoms with Crippen LogP contribution < -0.4 is 5.32 Å². The van der Waals surface area contributed by atoms with Crippen LogP contribution in [0.15, 0.2) is 47.6 Å². The summed E-state index contributed by atoms with van der Waals surface area (Å²) in [5.74, 6) is 0.558. The van der Waals surface area contributed by atoms with Crippen LogP contribution in [0, 0.1) is 5.82 Å². The number of fused-ring (bicyclic) bond motifs is 1. The van der Waals surface area contributed by atoms with E-state index in [0.29, 0.717) is 11.0 Å². The third-order valence-corrected chi connectivity index (χ3v) is 6.54. The molecule has 2 aromatic carbocycles. The summed E-state index contributed by atoms with van der Waals surface area (Å²) in [5, 5.41) is 12.1. The number of hydrogen-bond donors (Lipinski definition) is 1. The Morgan fingerprint density at radius 2 is 1.87 bits per heavy atom. The van der Waals surface area contributed by atoms with Crippen molar-refractivity contribution in [3.8, 4) is 11.4 Å². The molecule has 3 aromatic rings. The van der Waals surface area contributed by atoms with Crippen molar-refractivity contribution in [2.75, 3.05) is 5.75 Å². The highest BCUT2D eigenvalue weighted by molar-refractivity contribution is 7.99. The lowest BCUT2D eigenvalue weighted by atomic mass is 9.89. The van der Waals surface area contributed by atoms with Crippen molar-refractivity contribution in [2.45, 2.75) is 43.8 Å². The van der Waals surface area contributed by atoms with Gasteiger partial charge in [0.2, 0.25) is 5.91 Å². The SMILES string of the molecule is CC(NC(=O)CSc1nnc(-c2ccc(F)cc2)n1C)c1ccc2c(c1)CCCC2. The smallest absolute Gasteiger partial charge is 0.230 e. The molecule has 1 heterocycles. The number of nitrogens with one attached hydrogen (secondary N) is 1. The molecular formula is C23H25FN4OS. The molecule has 1 aliphatic rings. The zero-order valence-electron chi connectivity index (χ0n) is 17.2. The molecule has 1 aliphatic carbocycles. The highest BCUT2D eigenvalue weighted by atomic mass is 32.2. The van der Waals surface area contributed by atoms with Crippen molar-refractivity contribution in [3.05, 3.63) is 65.0 Å². The number of aryl methyl sites for hydroxylation is 2. The molecule has 1 aromatic heterocycles. The number of nitrogens with zero attached hydrogens (tertiary/aromatic N) is 3. The first-order valence-electron chi connectivity index (χ1n) is 10.2. The summed E-state index contributed by atoms with van der Waals surface area (Å²) in [6, 6.07) is 12.7. The number of halogens is 1. The topological polar surface area (TPSA) is 59.8 Å². The molecule has 1 amide bonds. The van der Waals surface area contributed by atoms with Crippen LogP contribution in [0.3, 0.4) is 0 Å². The summed E-state index contributed by atoms with van der Waals surface area (Å²) in [6.07, 6.45) is 4.79. The van der Waals surface area contributed by atoms with Gasteiger partial charge in [-0.05, 0) is 73.6 Å². The second-order valence-corrected chi connectivity index (χ2v) is 8.63. The minimum absolute atomic E-state index is 0.0420. The monoisotopic (exact) mass is 424 g/mol. The largest absolute Gasteiger partial charge is 0.349 e. The molecule has 5 nitrogen and oxygen atoms in total. The normalized spacial score (nSPS) is 14.2. The van der Waals surface area contributed by atoms with Crippen molar-refractivity contribution in [1.82, 2.24) is 20.1 Å². The van der Waals surface area contributed by atoms with Gasteiger partial charge in [0.1, 0.15) is 5.82 Å². The van der Waals surface area contributed by atoms with E-state index in [1.54, 1.807) is 12.1 Å². The number of rotatable bonds is 6. The Bertz CT molecular complexity index is 1050. The second kappa shape index (κ2) is 9.00. The molecule has 0 fully saturated rings. The van der Waals surface area contributed by atoms with Gasteiger partial charge >= 0.3 is 0 Å². The fraction of sp³-hybridized carbons (Fsp3) is 0.348. The minimum atomic E-state index is -0.291. The maximum Gasteiger partial charge on any atom is 0.230 e. The van der Waals surface area contributed by atoms with Crippen molar-refractivity contribution in [1.29, 1.82) is 0 Å². The van der Waals surface area contributed by atoms with Crippen molar-refractivity contribution >= 4 is 17.7 Å². The van der Waals surface area contributed by atoms with Crippen LogP contribution in [-0.4, -0.2) is 26.4 Å². The number of thioether (sulfide) groups is 1. The van der Waals surface area contributed by atoms with E-state index in [4.69, 9.17) is 0 Å². The van der Waals surface area contributed by atoms with E-state index in [0.717, 1.165) is 24.0 Å². The third-order valence-electron chi connectivity index (χ3n) is 5.52. The molecule has 0 spiro atoms. The van der Waals surface area contributed by atoms with Gasteiger partial charge in [-0.2, -0.15) is 0 Å². The fourth-order valence-electron chi connectivity index (χ4n) is 3.81. The highest BCUT2D eigenvalue weighted by Gasteiger charge is 2.16. The summed E-state index contributed by atoms with van der Waals surface area (Å²) in [7, 11) is 1.84. The average Bonchev–Trinajstić information content (AvgIpc) is 3.12. The third kappa shape index (κ3) is 4.56. The zero-order chi connectivity index (χ0) is 21.1. The van der Waals surface area contributed by atoms with Crippen LogP contribution >= 0.6 is 11.8 Å². The molecule has 1 atom stereocenters. The summed E-state index contributed by atoms with van der Waals surface area (Å²) in [4.78, 5) is 12.5. The van der Waals surface area contributed by atoms with E-state index < -0.39 is 0 Å². The quantitative estimate of drug-likeness (QED) is 0.593. The second-order valence-electron chi connectivity index (χ2n) is 7.69. The highest BCUT2D eigenvalue weighted by Crippen LogP contribution is 2.26. The van der Waals surface area contributed by atoms with Gasteiger partial charge in [0.15, 0.2) is 11.0 Å². The molecule has 0 saturated heterocycles. The van der Waals surface area contributed by atoms with Crippen LogP contribution in [-0.2, 0) is 24.7 Å². The van der Waals surface area contributed by atoms with E-state index >= 15 is 0 Å². The molecule has 1 N–H and O–H groups in total. The number of hydrogen-bond acceptors (Lipinski definition) is 4. The van der Waals surface area contributed by atoms with Crippen molar-refractivity contribution < 1.29 is 9.18 Å². The Balaban J connectivity index is 1.35. The number of carbonyl (C=O) groups excluding carboxylic acids is 1. The first kappa shape index (κ1) is 20.6. The number of amides is 1. The Kier molecular flexibility index (Phi) is 6.18. The standard InChI is InChI=1S/C23H25FN4OS/c1-15(18-8-7-16-5-3-4-6-19(16)13-18)25-21(29)14-30-23-27-26-22(28(23)2)17-9-11-20(24)12-10-17/h7-13,15H,3-6,14H2,1-2H3,(H,25,29). The van der Waals surface area contributed by atoms with Gasteiger partial charge in [-0.1, -0.05) is 30.0 Å². The van der Waals surface area contributed by atoms with Gasteiger partial charge in [-0.3, -0.25) is 4.79 Å². The van der Waals surface area contributed by atoms with E-state index in [1.807, 2.05) is 18.5 Å². The Morgan fingerprint density at radius 1 is 1.13 bits per heavy atom. The molecule has 0 saturated carbocycles. The van der Waals surface area contributed by atoms with E-state index in [-0.39, 0.29) is 23.5 Å². The summed E-state index contributed by atoms with van der Waals surface area (Å²) in [6.45, 7) is 2.02. The number of aromatic nitrogens is 3. The first-order valence-corrected chi connectivity index (χ1v) is 11.2. The van der Waals surface area contributed by atoms with Gasteiger partial charge in [0.05, 0.1) is 11.8 Å². The minimum Gasteiger partial charge on any atom is -0.349 e. The Labute approximate surface area is 180 Å². The average molecular weight is 425 g/mol. The van der Waals surface area contributed by atoms with Gasteiger partial charge < -0.3 is 9.88 Å². The van der Waals surface area contributed by atoms with Gasteiger partial charge in [-0.25, -0.2) is 4.39 Å². The molecule has 30 heavy (non-hydrogen) atoms. The van der Waals surface area contributed by atoms with E-state index in [9.17, 15) is 9.18 Å². The predicted molar refractivity (Wildman–Crippen MR) is 117 cm³/mol. The maximum absolute atomic E-state index is 13.1. The summed E-state index contributed by atoms with van der Waals surface area (Å²) >= 11 is 1.34. The van der Waals surface area contributed by atoms with Crippen LogP contribution in [0.1, 0.15) is 42.5 Å². The maximum atomic E-state index is 13.1. The van der Waals surface area contributed by atoms with Crippen molar-refractivity contribution in [2.24, 2.45) is 7.05 Å². The fourth-order valence-corrected chi connectivity index (χ4v) is 4.53. The molecule has 0 radical (unpaired) electrons. The van der Waals surface area contributed by atoms with Crippen LogP contribution in [0.5, 0.6) is 0 Å². The van der Waals surface area contributed by atoms with Crippen LogP contribution in [0.2, 0.25) is 0 Å². The first-order chi connectivity index (χ1) is 14.5. The lowest BCUT2D eigenvalue weighted by Crippen LogP contribution is -2.28.